The molecule has 0 amide bonds. The molecule has 0 aliphatic heterocycles. The zero-order valence-electron chi connectivity index (χ0n) is 8.13. The predicted octanol–water partition coefficient (Wildman–Crippen LogP) is 2.63. The van der Waals surface area contributed by atoms with Crippen LogP contribution in [0, 0.1) is 6.92 Å². The second-order valence-electron chi connectivity index (χ2n) is 3.49. The summed E-state index contributed by atoms with van der Waals surface area (Å²) in [5.41, 5.74) is 4.41. The number of hydrogen-bond donors (Lipinski definition) is 3. The molecule has 1 rings (SSSR count). The van der Waals surface area contributed by atoms with Crippen molar-refractivity contribution < 1.29 is 10.3 Å². The molecule has 0 aromatic heterocycles. The van der Waals surface area contributed by atoms with Gasteiger partial charge in [-0.2, -0.15) is 0 Å². The quantitative estimate of drug-likeness (QED) is 0.485. The van der Waals surface area contributed by atoms with Crippen molar-refractivity contribution in [1.29, 1.82) is 0 Å². The van der Waals surface area contributed by atoms with Gasteiger partial charge in [-0.1, -0.05) is 13.8 Å². The molecule has 1 aromatic carbocycles. The number of phenols is 1. The summed E-state index contributed by atoms with van der Waals surface area (Å²) in [6, 6.07) is 3.41. The largest absolute Gasteiger partial charge is 0.508 e. The molecule has 72 valence electrons. The summed E-state index contributed by atoms with van der Waals surface area (Å²) in [6.45, 7) is 5.81. The summed E-state index contributed by atoms with van der Waals surface area (Å²) >= 11 is 0. The molecule has 0 heterocycles. The molecule has 3 nitrogen and oxygen atoms in total. The number of hydrogen-bond acceptors (Lipinski definition) is 3. The van der Waals surface area contributed by atoms with Gasteiger partial charge in [0, 0.05) is 0 Å². The monoisotopic (exact) mass is 181 g/mol. The van der Waals surface area contributed by atoms with Gasteiger partial charge < -0.3 is 5.11 Å². The van der Waals surface area contributed by atoms with Crippen LogP contribution in [0.2, 0.25) is 0 Å². The fourth-order valence-electron chi connectivity index (χ4n) is 1.29. The van der Waals surface area contributed by atoms with Crippen LogP contribution < -0.4 is 5.48 Å². The lowest BCUT2D eigenvalue weighted by Crippen LogP contribution is -1.96. The minimum atomic E-state index is 0.243. The van der Waals surface area contributed by atoms with E-state index in [0.717, 1.165) is 11.1 Å². The van der Waals surface area contributed by atoms with E-state index in [2.05, 4.69) is 5.48 Å². The summed E-state index contributed by atoms with van der Waals surface area (Å²) in [5, 5.41) is 18.4. The lowest BCUT2D eigenvalue weighted by atomic mass is 9.99. The van der Waals surface area contributed by atoms with Gasteiger partial charge in [-0.3, -0.25) is 10.7 Å². The Bertz CT molecular complexity index is 308. The SMILES string of the molecule is Cc1cc(O)c(C(C)C)cc1NO. The molecule has 0 bridgehead atoms. The van der Waals surface area contributed by atoms with Gasteiger partial charge in [0.1, 0.15) is 5.75 Å². The summed E-state index contributed by atoms with van der Waals surface area (Å²) in [5.74, 6) is 0.527. The van der Waals surface area contributed by atoms with Gasteiger partial charge in [0.15, 0.2) is 0 Å². The van der Waals surface area contributed by atoms with E-state index in [1.165, 1.54) is 0 Å². The van der Waals surface area contributed by atoms with Crippen LogP contribution in [0.15, 0.2) is 12.1 Å². The summed E-state index contributed by atoms with van der Waals surface area (Å²) in [4.78, 5) is 0. The molecule has 0 saturated heterocycles. The Morgan fingerprint density at radius 3 is 2.38 bits per heavy atom. The molecule has 0 atom stereocenters. The zero-order chi connectivity index (χ0) is 10.0. The van der Waals surface area contributed by atoms with Crippen LogP contribution in [-0.4, -0.2) is 10.3 Å². The van der Waals surface area contributed by atoms with E-state index in [-0.39, 0.29) is 11.7 Å². The van der Waals surface area contributed by atoms with E-state index in [1.807, 2.05) is 20.8 Å². The van der Waals surface area contributed by atoms with E-state index >= 15 is 0 Å². The van der Waals surface area contributed by atoms with Crippen LogP contribution >= 0.6 is 0 Å². The van der Waals surface area contributed by atoms with Crippen molar-refractivity contribution in [3.8, 4) is 5.75 Å². The minimum Gasteiger partial charge on any atom is -0.508 e. The van der Waals surface area contributed by atoms with Crippen molar-refractivity contribution in [3.05, 3.63) is 23.3 Å². The van der Waals surface area contributed by atoms with Crippen molar-refractivity contribution in [1.82, 2.24) is 0 Å². The molecule has 0 fully saturated rings. The number of nitrogens with one attached hydrogen (secondary N) is 1. The van der Waals surface area contributed by atoms with E-state index in [4.69, 9.17) is 5.21 Å². The Hall–Kier alpha value is -1.22. The maximum absolute atomic E-state index is 9.57. The third-order valence-electron chi connectivity index (χ3n) is 2.12. The molecule has 0 unspecified atom stereocenters. The first-order valence-electron chi connectivity index (χ1n) is 4.30. The van der Waals surface area contributed by atoms with E-state index in [9.17, 15) is 5.11 Å². The van der Waals surface area contributed by atoms with Gasteiger partial charge in [0.05, 0.1) is 5.69 Å². The zero-order valence-corrected chi connectivity index (χ0v) is 8.13. The topological polar surface area (TPSA) is 52.5 Å². The van der Waals surface area contributed by atoms with Crippen molar-refractivity contribution in [2.45, 2.75) is 26.7 Å². The van der Waals surface area contributed by atoms with Crippen LogP contribution in [0.1, 0.15) is 30.9 Å². The summed E-state index contributed by atoms with van der Waals surface area (Å²) in [7, 11) is 0. The molecular weight excluding hydrogens is 166 g/mol. The fraction of sp³-hybridized carbons (Fsp3) is 0.400. The lowest BCUT2D eigenvalue weighted by Gasteiger charge is -2.12. The number of phenolic OH excluding ortho intramolecular Hbond substituents is 1. The van der Waals surface area contributed by atoms with Gasteiger partial charge >= 0.3 is 0 Å². The van der Waals surface area contributed by atoms with Crippen LogP contribution in [0.3, 0.4) is 0 Å². The van der Waals surface area contributed by atoms with E-state index < -0.39 is 0 Å². The molecule has 0 spiro atoms. The van der Waals surface area contributed by atoms with Crippen LogP contribution in [0.4, 0.5) is 5.69 Å². The highest BCUT2D eigenvalue weighted by Gasteiger charge is 2.08. The van der Waals surface area contributed by atoms with Crippen molar-refractivity contribution >= 4 is 5.69 Å². The van der Waals surface area contributed by atoms with Crippen molar-refractivity contribution in [3.63, 3.8) is 0 Å². The van der Waals surface area contributed by atoms with Crippen LogP contribution in [-0.2, 0) is 0 Å². The number of anilines is 1. The Morgan fingerprint density at radius 2 is 1.92 bits per heavy atom. The lowest BCUT2D eigenvalue weighted by molar-refractivity contribution is 0.388. The number of benzene rings is 1. The second kappa shape index (κ2) is 3.66. The van der Waals surface area contributed by atoms with Gasteiger partial charge in [0.25, 0.3) is 0 Å². The Labute approximate surface area is 78.0 Å². The summed E-state index contributed by atoms with van der Waals surface area (Å²) < 4.78 is 0. The molecule has 0 aliphatic carbocycles. The van der Waals surface area contributed by atoms with Gasteiger partial charge in [0.2, 0.25) is 0 Å². The smallest absolute Gasteiger partial charge is 0.119 e. The van der Waals surface area contributed by atoms with Crippen LogP contribution in [0.25, 0.3) is 0 Å². The third-order valence-corrected chi connectivity index (χ3v) is 2.12. The van der Waals surface area contributed by atoms with E-state index in [1.54, 1.807) is 12.1 Å². The predicted molar refractivity (Wildman–Crippen MR) is 52.3 cm³/mol. The van der Waals surface area contributed by atoms with Gasteiger partial charge in [-0.25, -0.2) is 0 Å². The van der Waals surface area contributed by atoms with Gasteiger partial charge in [-0.05, 0) is 36.1 Å². The normalized spacial score (nSPS) is 10.5. The molecule has 3 N–H and O–H groups in total. The number of aromatic hydroxyl groups is 1. The molecule has 0 radical (unpaired) electrons. The van der Waals surface area contributed by atoms with Crippen molar-refractivity contribution in [2.24, 2.45) is 0 Å². The highest BCUT2D eigenvalue weighted by Crippen LogP contribution is 2.30. The fourth-order valence-corrected chi connectivity index (χ4v) is 1.29. The summed E-state index contributed by atoms with van der Waals surface area (Å²) in [6.07, 6.45) is 0. The highest BCUT2D eigenvalue weighted by molar-refractivity contribution is 5.56. The Morgan fingerprint density at radius 1 is 1.31 bits per heavy atom. The highest BCUT2D eigenvalue weighted by atomic mass is 16.5. The molecule has 0 aliphatic rings. The molecular formula is C10H15NO2. The standard InChI is InChI=1S/C10H15NO2/c1-6(2)8-5-9(11-13)7(3)4-10(8)12/h4-6,11-13H,1-3H3. The Balaban J connectivity index is 3.22. The molecule has 0 saturated carbocycles. The Kier molecular flexibility index (Phi) is 2.78. The first-order chi connectivity index (χ1) is 6.06. The third kappa shape index (κ3) is 1.92. The van der Waals surface area contributed by atoms with Crippen molar-refractivity contribution in [2.75, 3.05) is 5.48 Å². The number of rotatable bonds is 2. The van der Waals surface area contributed by atoms with Gasteiger partial charge in [-0.15, -0.1) is 0 Å². The molecule has 13 heavy (non-hydrogen) atoms. The van der Waals surface area contributed by atoms with Crippen LogP contribution in [0.5, 0.6) is 5.75 Å². The maximum atomic E-state index is 9.57. The average molecular weight is 181 g/mol. The average Bonchev–Trinajstić information content (AvgIpc) is 2.03. The molecule has 1 aromatic rings. The first-order valence-corrected chi connectivity index (χ1v) is 4.30. The molecule has 3 heteroatoms. The minimum absolute atomic E-state index is 0.243. The first kappa shape index (κ1) is 9.86. The van der Waals surface area contributed by atoms with E-state index in [0.29, 0.717) is 5.69 Å². The second-order valence-corrected chi connectivity index (χ2v) is 3.49. The maximum Gasteiger partial charge on any atom is 0.119 e. The number of aryl methyl sites for hydroxylation is 1.